The number of piperidine rings is 1. The van der Waals surface area contributed by atoms with Crippen LogP contribution in [0.4, 0.5) is 0 Å². The van der Waals surface area contributed by atoms with Crippen LogP contribution in [0.3, 0.4) is 0 Å². The quantitative estimate of drug-likeness (QED) is 0.719. The molecule has 1 saturated carbocycles. The van der Waals surface area contributed by atoms with Crippen molar-refractivity contribution in [1.82, 2.24) is 5.32 Å². The molecule has 0 bridgehead atoms. The van der Waals surface area contributed by atoms with Gasteiger partial charge >= 0.3 is 5.97 Å². The zero-order valence-electron chi connectivity index (χ0n) is 9.70. The Balaban J connectivity index is 1.98. The van der Waals surface area contributed by atoms with E-state index in [1.165, 1.54) is 32.8 Å². The molecule has 2 atom stereocenters. The Morgan fingerprint density at radius 3 is 2.69 bits per heavy atom. The van der Waals surface area contributed by atoms with Crippen molar-refractivity contribution in [2.24, 2.45) is 11.8 Å². The highest BCUT2D eigenvalue weighted by Gasteiger charge is 2.36. The first-order valence-corrected chi connectivity index (χ1v) is 6.08. The molecule has 1 amide bonds. The first kappa shape index (κ1) is 11.4. The van der Waals surface area contributed by atoms with Crippen molar-refractivity contribution in [1.29, 1.82) is 0 Å². The van der Waals surface area contributed by atoms with Crippen LogP contribution in [0.5, 0.6) is 0 Å². The number of hydrogen-bond donors (Lipinski definition) is 1. The molecule has 1 aliphatic heterocycles. The minimum Gasteiger partial charge on any atom is -0.469 e. The fraction of sp³-hybridized carbons (Fsp3) is 0.833. The average molecular weight is 225 g/mol. The van der Waals surface area contributed by atoms with Crippen molar-refractivity contribution < 1.29 is 14.3 Å². The number of carbonyl (C=O) groups is 2. The maximum Gasteiger partial charge on any atom is 0.309 e. The molecule has 16 heavy (non-hydrogen) atoms. The van der Waals surface area contributed by atoms with Crippen molar-refractivity contribution in [3.8, 4) is 0 Å². The van der Waals surface area contributed by atoms with Gasteiger partial charge in [-0.15, -0.1) is 0 Å². The molecule has 1 saturated heterocycles. The van der Waals surface area contributed by atoms with Crippen LogP contribution in [-0.4, -0.2) is 25.0 Å². The molecule has 90 valence electrons. The molecule has 0 spiro atoms. The van der Waals surface area contributed by atoms with Gasteiger partial charge < -0.3 is 10.1 Å². The second-order valence-electron chi connectivity index (χ2n) is 4.88. The number of esters is 1. The molecule has 0 aromatic heterocycles. The van der Waals surface area contributed by atoms with Crippen LogP contribution in [0.25, 0.3) is 0 Å². The summed E-state index contributed by atoms with van der Waals surface area (Å²) in [6.45, 7) is 0. The predicted molar refractivity (Wildman–Crippen MR) is 58.6 cm³/mol. The maximum atomic E-state index is 11.5. The molecular formula is C12H19NO3. The Kier molecular flexibility index (Phi) is 3.46. The predicted octanol–water partition coefficient (Wildman–Crippen LogP) is 1.24. The van der Waals surface area contributed by atoms with Crippen LogP contribution in [0, 0.1) is 11.8 Å². The first-order valence-electron chi connectivity index (χ1n) is 6.08. The third-order valence-electron chi connectivity index (χ3n) is 3.82. The molecule has 1 heterocycles. The molecule has 0 aromatic rings. The third kappa shape index (κ3) is 2.36. The molecule has 1 aliphatic carbocycles. The van der Waals surface area contributed by atoms with Gasteiger partial charge in [-0.25, -0.2) is 0 Å². The Labute approximate surface area is 95.7 Å². The van der Waals surface area contributed by atoms with Crippen molar-refractivity contribution in [2.45, 2.75) is 44.6 Å². The molecule has 0 radical (unpaired) electrons. The minimum atomic E-state index is -0.238. The number of methoxy groups -OCH3 is 1. The summed E-state index contributed by atoms with van der Waals surface area (Å²) in [4.78, 5) is 23.0. The van der Waals surface area contributed by atoms with Crippen molar-refractivity contribution in [2.75, 3.05) is 7.11 Å². The molecule has 2 fully saturated rings. The molecule has 2 unspecified atom stereocenters. The standard InChI is InChI=1S/C12H19NO3/c1-16-12(15)9-6-10(13-11(14)7-9)8-4-2-3-5-8/h8-10H,2-7H2,1H3,(H,13,14). The second kappa shape index (κ2) is 4.85. The Bertz CT molecular complexity index is 284. The topological polar surface area (TPSA) is 55.4 Å². The van der Waals surface area contributed by atoms with E-state index in [1.807, 2.05) is 0 Å². The van der Waals surface area contributed by atoms with Crippen LogP contribution in [0.2, 0.25) is 0 Å². The Morgan fingerprint density at radius 1 is 1.38 bits per heavy atom. The lowest BCUT2D eigenvalue weighted by Crippen LogP contribution is -2.47. The smallest absolute Gasteiger partial charge is 0.309 e. The molecular weight excluding hydrogens is 206 g/mol. The van der Waals surface area contributed by atoms with E-state index in [0.717, 1.165) is 6.42 Å². The molecule has 4 heteroatoms. The monoisotopic (exact) mass is 225 g/mol. The summed E-state index contributed by atoms with van der Waals surface area (Å²) in [5.41, 5.74) is 0. The van der Waals surface area contributed by atoms with Crippen LogP contribution >= 0.6 is 0 Å². The molecule has 2 rings (SSSR count). The van der Waals surface area contributed by atoms with Gasteiger partial charge in [-0.05, 0) is 25.2 Å². The van der Waals surface area contributed by atoms with E-state index in [9.17, 15) is 9.59 Å². The highest BCUT2D eigenvalue weighted by Crippen LogP contribution is 2.33. The summed E-state index contributed by atoms with van der Waals surface area (Å²) in [7, 11) is 1.39. The van der Waals surface area contributed by atoms with Gasteiger partial charge in [0, 0.05) is 12.5 Å². The van der Waals surface area contributed by atoms with Crippen LogP contribution in [-0.2, 0) is 14.3 Å². The maximum absolute atomic E-state index is 11.5. The average Bonchev–Trinajstić information content (AvgIpc) is 2.80. The van der Waals surface area contributed by atoms with Gasteiger partial charge in [0.05, 0.1) is 13.0 Å². The number of nitrogens with one attached hydrogen (secondary N) is 1. The van der Waals surface area contributed by atoms with Gasteiger partial charge in [-0.2, -0.15) is 0 Å². The lowest BCUT2D eigenvalue weighted by Gasteiger charge is -2.32. The number of hydrogen-bond acceptors (Lipinski definition) is 3. The van der Waals surface area contributed by atoms with E-state index in [0.29, 0.717) is 5.92 Å². The summed E-state index contributed by atoms with van der Waals surface area (Å²) in [6.07, 6.45) is 5.90. The van der Waals surface area contributed by atoms with Crippen molar-refractivity contribution >= 4 is 11.9 Å². The molecule has 0 aromatic carbocycles. The zero-order chi connectivity index (χ0) is 11.5. The molecule has 1 N–H and O–H groups in total. The largest absolute Gasteiger partial charge is 0.469 e. The van der Waals surface area contributed by atoms with Gasteiger partial charge in [0.1, 0.15) is 0 Å². The highest BCUT2D eigenvalue weighted by atomic mass is 16.5. The van der Waals surface area contributed by atoms with Gasteiger partial charge in [-0.1, -0.05) is 12.8 Å². The molecule has 2 aliphatic rings. The normalized spacial score (nSPS) is 31.2. The van der Waals surface area contributed by atoms with E-state index in [4.69, 9.17) is 4.74 Å². The van der Waals surface area contributed by atoms with Crippen LogP contribution < -0.4 is 5.32 Å². The van der Waals surface area contributed by atoms with E-state index >= 15 is 0 Å². The lowest BCUT2D eigenvalue weighted by molar-refractivity contribution is -0.149. The highest BCUT2D eigenvalue weighted by molar-refractivity contribution is 5.84. The van der Waals surface area contributed by atoms with Crippen LogP contribution in [0.15, 0.2) is 0 Å². The van der Waals surface area contributed by atoms with E-state index in [2.05, 4.69) is 5.32 Å². The van der Waals surface area contributed by atoms with E-state index < -0.39 is 0 Å². The summed E-state index contributed by atoms with van der Waals surface area (Å²) >= 11 is 0. The minimum absolute atomic E-state index is 0.00134. The van der Waals surface area contributed by atoms with Gasteiger partial charge in [0.25, 0.3) is 0 Å². The van der Waals surface area contributed by atoms with Gasteiger partial charge in [0.2, 0.25) is 5.91 Å². The van der Waals surface area contributed by atoms with E-state index in [1.54, 1.807) is 0 Å². The molecule has 4 nitrogen and oxygen atoms in total. The Morgan fingerprint density at radius 2 is 2.06 bits per heavy atom. The summed E-state index contributed by atoms with van der Waals surface area (Å²) < 4.78 is 4.73. The summed E-state index contributed by atoms with van der Waals surface area (Å²) in [5.74, 6) is 0.0946. The number of ether oxygens (including phenoxy) is 1. The number of carbonyl (C=O) groups excluding carboxylic acids is 2. The SMILES string of the molecule is COC(=O)C1CC(=O)NC(C2CCCC2)C1. The second-order valence-corrected chi connectivity index (χ2v) is 4.88. The Hall–Kier alpha value is -1.06. The fourth-order valence-electron chi connectivity index (χ4n) is 2.95. The van der Waals surface area contributed by atoms with Gasteiger partial charge in [-0.3, -0.25) is 9.59 Å². The lowest BCUT2D eigenvalue weighted by atomic mass is 9.84. The van der Waals surface area contributed by atoms with E-state index in [-0.39, 0.29) is 30.3 Å². The zero-order valence-corrected chi connectivity index (χ0v) is 9.70. The summed E-state index contributed by atoms with van der Waals surface area (Å²) in [5, 5.41) is 3.02. The summed E-state index contributed by atoms with van der Waals surface area (Å²) in [6, 6.07) is 0.188. The van der Waals surface area contributed by atoms with Crippen molar-refractivity contribution in [3.05, 3.63) is 0 Å². The van der Waals surface area contributed by atoms with Crippen LogP contribution in [0.1, 0.15) is 38.5 Å². The van der Waals surface area contributed by atoms with Crippen molar-refractivity contribution in [3.63, 3.8) is 0 Å². The first-order chi connectivity index (χ1) is 7.70. The number of rotatable bonds is 2. The fourth-order valence-corrected chi connectivity index (χ4v) is 2.95. The van der Waals surface area contributed by atoms with Gasteiger partial charge in [0.15, 0.2) is 0 Å². The number of amides is 1. The third-order valence-corrected chi connectivity index (χ3v) is 3.82.